The summed E-state index contributed by atoms with van der Waals surface area (Å²) in [6.07, 6.45) is 1.47. The molecule has 0 aliphatic rings. The first kappa shape index (κ1) is 17.6. The lowest BCUT2D eigenvalue weighted by Crippen LogP contribution is -2.19. The molecule has 1 aromatic heterocycles. The molecule has 0 aliphatic carbocycles. The van der Waals surface area contributed by atoms with E-state index in [1.165, 1.54) is 6.26 Å². The van der Waals surface area contributed by atoms with Crippen LogP contribution in [-0.4, -0.2) is 24.8 Å². The summed E-state index contributed by atoms with van der Waals surface area (Å²) in [5, 5.41) is 4.15. The summed E-state index contributed by atoms with van der Waals surface area (Å²) in [4.78, 5) is 12.0. The van der Waals surface area contributed by atoms with Gasteiger partial charge in [-0.05, 0) is 52.0 Å². The van der Waals surface area contributed by atoms with Crippen molar-refractivity contribution in [3.05, 3.63) is 47.4 Å². The minimum atomic E-state index is -0.309. The van der Waals surface area contributed by atoms with Gasteiger partial charge in [0.15, 0.2) is 11.5 Å². The smallest absolute Gasteiger partial charge is 0.274 e. The first-order valence-electron chi connectivity index (χ1n) is 7.85. The molecule has 0 atom stereocenters. The number of benzene rings is 1. The largest absolute Gasteiger partial charge is 0.490 e. The summed E-state index contributed by atoms with van der Waals surface area (Å²) in [7, 11) is 0. The van der Waals surface area contributed by atoms with E-state index < -0.39 is 0 Å². The predicted molar refractivity (Wildman–Crippen MR) is 91.9 cm³/mol. The SMILES string of the molecule is CCOc1ccc(/C(C)=N\NC(=O)c2ccoc2C)cc1OCC. The number of carbonyl (C=O) groups is 1. The molecule has 0 saturated carbocycles. The number of aryl methyl sites for hydroxylation is 1. The van der Waals surface area contributed by atoms with Crippen LogP contribution in [0.1, 0.15) is 42.5 Å². The molecule has 2 aromatic rings. The van der Waals surface area contributed by atoms with Crippen molar-refractivity contribution in [2.45, 2.75) is 27.7 Å². The fourth-order valence-electron chi connectivity index (χ4n) is 2.16. The topological polar surface area (TPSA) is 73.1 Å². The first-order valence-corrected chi connectivity index (χ1v) is 7.85. The van der Waals surface area contributed by atoms with Crippen LogP contribution in [0, 0.1) is 6.92 Å². The van der Waals surface area contributed by atoms with Gasteiger partial charge in [0.05, 0.1) is 30.8 Å². The van der Waals surface area contributed by atoms with Crippen LogP contribution in [0.25, 0.3) is 0 Å². The molecule has 0 spiro atoms. The van der Waals surface area contributed by atoms with Crippen LogP contribution in [0.15, 0.2) is 40.0 Å². The Balaban J connectivity index is 2.16. The molecule has 128 valence electrons. The van der Waals surface area contributed by atoms with Gasteiger partial charge in [0.1, 0.15) is 5.76 Å². The summed E-state index contributed by atoms with van der Waals surface area (Å²) in [5.74, 6) is 1.59. The number of carbonyl (C=O) groups excluding carboxylic acids is 1. The summed E-state index contributed by atoms with van der Waals surface area (Å²) in [6.45, 7) is 8.48. The lowest BCUT2D eigenvalue weighted by molar-refractivity contribution is 0.0953. The van der Waals surface area contributed by atoms with Crippen LogP contribution >= 0.6 is 0 Å². The molecule has 1 amide bonds. The average molecular weight is 330 g/mol. The van der Waals surface area contributed by atoms with Crippen molar-refractivity contribution < 1.29 is 18.7 Å². The van der Waals surface area contributed by atoms with Gasteiger partial charge >= 0.3 is 0 Å². The number of rotatable bonds is 7. The molecule has 0 bridgehead atoms. The van der Waals surface area contributed by atoms with E-state index in [1.54, 1.807) is 13.0 Å². The number of furan rings is 1. The molecule has 6 heteroatoms. The Labute approximate surface area is 141 Å². The van der Waals surface area contributed by atoms with E-state index in [1.807, 2.05) is 39.0 Å². The van der Waals surface area contributed by atoms with E-state index in [-0.39, 0.29) is 5.91 Å². The molecule has 24 heavy (non-hydrogen) atoms. The van der Waals surface area contributed by atoms with Crippen LogP contribution in [0.3, 0.4) is 0 Å². The lowest BCUT2D eigenvalue weighted by Gasteiger charge is -2.12. The molecule has 0 radical (unpaired) electrons. The Hall–Kier alpha value is -2.76. The van der Waals surface area contributed by atoms with Crippen LogP contribution in [0.5, 0.6) is 11.5 Å². The molecule has 1 N–H and O–H groups in total. The van der Waals surface area contributed by atoms with Crippen LogP contribution in [-0.2, 0) is 0 Å². The van der Waals surface area contributed by atoms with Gasteiger partial charge in [-0.3, -0.25) is 4.79 Å². The maximum absolute atomic E-state index is 12.0. The van der Waals surface area contributed by atoms with E-state index in [0.717, 1.165) is 5.56 Å². The normalized spacial score (nSPS) is 11.2. The van der Waals surface area contributed by atoms with E-state index >= 15 is 0 Å². The zero-order chi connectivity index (χ0) is 17.5. The number of amides is 1. The second-order valence-corrected chi connectivity index (χ2v) is 5.06. The third-order valence-corrected chi connectivity index (χ3v) is 3.39. The summed E-state index contributed by atoms with van der Waals surface area (Å²) in [6, 6.07) is 7.18. The highest BCUT2D eigenvalue weighted by atomic mass is 16.5. The van der Waals surface area contributed by atoms with Gasteiger partial charge in [0, 0.05) is 5.56 Å². The minimum Gasteiger partial charge on any atom is -0.490 e. The second kappa shape index (κ2) is 8.19. The molecular formula is C18H22N2O4. The zero-order valence-corrected chi connectivity index (χ0v) is 14.4. The fraction of sp³-hybridized carbons (Fsp3) is 0.333. The standard InChI is InChI=1S/C18H22N2O4/c1-5-22-16-8-7-14(11-17(16)23-6-2)12(3)19-20-18(21)15-9-10-24-13(15)4/h7-11H,5-6H2,1-4H3,(H,20,21)/b19-12-. The van der Waals surface area contributed by atoms with E-state index in [9.17, 15) is 4.79 Å². The van der Waals surface area contributed by atoms with Crippen LogP contribution < -0.4 is 14.9 Å². The van der Waals surface area contributed by atoms with Crippen LogP contribution in [0.4, 0.5) is 0 Å². The van der Waals surface area contributed by atoms with Crippen molar-refractivity contribution in [1.29, 1.82) is 0 Å². The van der Waals surface area contributed by atoms with Crippen molar-refractivity contribution in [2.75, 3.05) is 13.2 Å². The number of hydrogen-bond donors (Lipinski definition) is 1. The molecule has 0 saturated heterocycles. The van der Waals surface area contributed by atoms with Gasteiger partial charge in [0.25, 0.3) is 5.91 Å². The Morgan fingerprint density at radius 1 is 1.17 bits per heavy atom. The third kappa shape index (κ3) is 4.16. The number of nitrogens with zero attached hydrogens (tertiary/aromatic N) is 1. The summed E-state index contributed by atoms with van der Waals surface area (Å²) < 4.78 is 16.3. The van der Waals surface area contributed by atoms with Crippen molar-refractivity contribution in [2.24, 2.45) is 5.10 Å². The van der Waals surface area contributed by atoms with Gasteiger partial charge in [0.2, 0.25) is 0 Å². The Kier molecular flexibility index (Phi) is 6.01. The predicted octanol–water partition coefficient (Wildman–Crippen LogP) is 3.54. The minimum absolute atomic E-state index is 0.309. The molecule has 0 unspecified atom stereocenters. The van der Waals surface area contributed by atoms with Crippen molar-refractivity contribution in [3.8, 4) is 11.5 Å². The summed E-state index contributed by atoms with van der Waals surface area (Å²) >= 11 is 0. The highest BCUT2D eigenvalue weighted by molar-refractivity contribution is 6.01. The molecule has 0 fully saturated rings. The molecule has 1 aromatic carbocycles. The van der Waals surface area contributed by atoms with Crippen molar-refractivity contribution >= 4 is 11.6 Å². The van der Waals surface area contributed by atoms with E-state index in [4.69, 9.17) is 13.9 Å². The quantitative estimate of drug-likeness (QED) is 0.622. The molecular weight excluding hydrogens is 308 g/mol. The molecule has 1 heterocycles. The maximum Gasteiger partial charge on any atom is 0.274 e. The van der Waals surface area contributed by atoms with Crippen molar-refractivity contribution in [1.82, 2.24) is 5.43 Å². The van der Waals surface area contributed by atoms with Crippen molar-refractivity contribution in [3.63, 3.8) is 0 Å². The molecule has 6 nitrogen and oxygen atoms in total. The second-order valence-electron chi connectivity index (χ2n) is 5.06. The summed E-state index contributed by atoms with van der Waals surface area (Å²) in [5.41, 5.74) is 4.50. The van der Waals surface area contributed by atoms with Gasteiger partial charge in [-0.25, -0.2) is 5.43 Å². The molecule has 0 aliphatic heterocycles. The Morgan fingerprint density at radius 3 is 2.50 bits per heavy atom. The highest BCUT2D eigenvalue weighted by Crippen LogP contribution is 2.28. The maximum atomic E-state index is 12.0. The van der Waals surface area contributed by atoms with E-state index in [0.29, 0.717) is 41.7 Å². The third-order valence-electron chi connectivity index (χ3n) is 3.39. The van der Waals surface area contributed by atoms with Gasteiger partial charge < -0.3 is 13.9 Å². The van der Waals surface area contributed by atoms with E-state index in [2.05, 4.69) is 10.5 Å². The Bertz CT molecular complexity index is 734. The lowest BCUT2D eigenvalue weighted by atomic mass is 10.1. The zero-order valence-electron chi connectivity index (χ0n) is 14.4. The number of hydrogen-bond acceptors (Lipinski definition) is 5. The van der Waals surface area contributed by atoms with Gasteiger partial charge in [-0.15, -0.1) is 0 Å². The molecule has 2 rings (SSSR count). The van der Waals surface area contributed by atoms with Crippen LogP contribution in [0.2, 0.25) is 0 Å². The van der Waals surface area contributed by atoms with Gasteiger partial charge in [-0.2, -0.15) is 5.10 Å². The number of ether oxygens (including phenoxy) is 2. The highest BCUT2D eigenvalue weighted by Gasteiger charge is 2.11. The number of nitrogens with one attached hydrogen (secondary N) is 1. The Morgan fingerprint density at radius 2 is 1.88 bits per heavy atom. The number of hydrazone groups is 1. The first-order chi connectivity index (χ1) is 11.6. The fourth-order valence-corrected chi connectivity index (χ4v) is 2.16. The monoisotopic (exact) mass is 330 g/mol. The van der Waals surface area contributed by atoms with Gasteiger partial charge in [-0.1, -0.05) is 0 Å². The average Bonchev–Trinajstić information content (AvgIpc) is 3.00.